The summed E-state index contributed by atoms with van der Waals surface area (Å²) < 4.78 is 27.5. The van der Waals surface area contributed by atoms with Crippen LogP contribution >= 0.6 is 23.2 Å². The summed E-state index contributed by atoms with van der Waals surface area (Å²) in [6.45, 7) is 0. The number of benzene rings is 2. The van der Waals surface area contributed by atoms with Crippen LogP contribution in [0.4, 0.5) is 25.8 Å². The van der Waals surface area contributed by atoms with Crippen molar-refractivity contribution in [1.29, 1.82) is 0 Å². The quantitative estimate of drug-likeness (QED) is 0.600. The molecule has 0 bridgehead atoms. The smallest absolute Gasteiger partial charge is 0.257 e. The molecule has 3 aromatic rings. The van der Waals surface area contributed by atoms with Crippen molar-refractivity contribution < 1.29 is 13.6 Å². The Morgan fingerprint density at radius 2 is 1.65 bits per heavy atom. The number of carbonyl (C=O) groups excluding carboxylic acids is 1. The second-order valence-electron chi connectivity index (χ2n) is 5.27. The van der Waals surface area contributed by atoms with E-state index < -0.39 is 17.5 Å². The predicted octanol–water partition coefficient (Wildman–Crippen LogP) is 5.66. The molecular weight excluding hydrogens is 383 g/mol. The first-order valence-electron chi connectivity index (χ1n) is 7.36. The van der Waals surface area contributed by atoms with E-state index in [1.165, 1.54) is 30.6 Å². The summed E-state index contributed by atoms with van der Waals surface area (Å²) in [6.07, 6.45) is 2.68. The molecule has 1 amide bonds. The molecule has 2 N–H and O–H groups in total. The zero-order chi connectivity index (χ0) is 18.7. The molecule has 1 aromatic heterocycles. The van der Waals surface area contributed by atoms with E-state index in [4.69, 9.17) is 23.2 Å². The highest BCUT2D eigenvalue weighted by Gasteiger charge is 2.12. The molecule has 26 heavy (non-hydrogen) atoms. The number of pyridine rings is 1. The average Bonchev–Trinajstić information content (AvgIpc) is 2.62. The van der Waals surface area contributed by atoms with Crippen molar-refractivity contribution >= 4 is 46.2 Å². The minimum atomic E-state index is -0.754. The topological polar surface area (TPSA) is 54.0 Å². The molecule has 0 saturated carbocycles. The number of anilines is 3. The second kappa shape index (κ2) is 7.68. The fourth-order valence-corrected chi connectivity index (χ4v) is 2.47. The molecule has 0 atom stereocenters. The molecule has 0 radical (unpaired) electrons. The third-order valence-corrected chi connectivity index (χ3v) is 4.15. The van der Waals surface area contributed by atoms with Crippen LogP contribution in [0.15, 0.2) is 54.9 Å². The number of halogens is 4. The highest BCUT2D eigenvalue weighted by molar-refractivity contribution is 6.42. The predicted molar refractivity (Wildman–Crippen MR) is 98.3 cm³/mol. The van der Waals surface area contributed by atoms with E-state index in [0.717, 1.165) is 12.1 Å². The van der Waals surface area contributed by atoms with Crippen molar-refractivity contribution in [1.82, 2.24) is 4.98 Å². The average molecular weight is 394 g/mol. The first kappa shape index (κ1) is 18.1. The van der Waals surface area contributed by atoms with E-state index >= 15 is 0 Å². The first-order chi connectivity index (χ1) is 12.4. The summed E-state index contributed by atoms with van der Waals surface area (Å²) in [4.78, 5) is 16.3. The Morgan fingerprint density at radius 3 is 2.35 bits per heavy atom. The molecule has 4 nitrogen and oxygen atoms in total. The minimum Gasteiger partial charge on any atom is -0.349 e. The number of amides is 1. The van der Waals surface area contributed by atoms with Crippen LogP contribution in [-0.2, 0) is 0 Å². The van der Waals surface area contributed by atoms with Crippen molar-refractivity contribution in [3.8, 4) is 0 Å². The monoisotopic (exact) mass is 393 g/mol. The van der Waals surface area contributed by atoms with Crippen molar-refractivity contribution in [2.45, 2.75) is 0 Å². The van der Waals surface area contributed by atoms with Crippen molar-refractivity contribution in [2.75, 3.05) is 10.6 Å². The fraction of sp³-hybridized carbons (Fsp3) is 0. The fourth-order valence-electron chi connectivity index (χ4n) is 2.17. The first-order valence-corrected chi connectivity index (χ1v) is 8.12. The van der Waals surface area contributed by atoms with E-state index in [2.05, 4.69) is 15.6 Å². The molecule has 132 valence electrons. The van der Waals surface area contributed by atoms with Gasteiger partial charge in [-0.1, -0.05) is 29.3 Å². The maximum Gasteiger partial charge on any atom is 0.257 e. The normalized spacial score (nSPS) is 10.5. The van der Waals surface area contributed by atoms with E-state index in [9.17, 15) is 13.6 Å². The number of hydrogen-bond acceptors (Lipinski definition) is 3. The number of rotatable bonds is 4. The van der Waals surface area contributed by atoms with E-state index in [-0.39, 0.29) is 16.9 Å². The lowest BCUT2D eigenvalue weighted by Gasteiger charge is -2.10. The summed E-state index contributed by atoms with van der Waals surface area (Å²) >= 11 is 11.7. The minimum absolute atomic E-state index is 0.192. The SMILES string of the molecule is O=C(Nc1ccc(Cl)c(Cl)c1)c1cncc(Nc2c(F)cccc2F)c1. The number of carbonyl (C=O) groups is 1. The molecule has 0 unspecified atom stereocenters. The highest BCUT2D eigenvalue weighted by atomic mass is 35.5. The van der Waals surface area contributed by atoms with Crippen LogP contribution in [0.3, 0.4) is 0 Å². The molecule has 0 fully saturated rings. The van der Waals surface area contributed by atoms with Gasteiger partial charge in [-0.05, 0) is 36.4 Å². The Labute approximate surface area is 157 Å². The summed E-state index contributed by atoms with van der Waals surface area (Å²) in [5, 5.41) is 5.89. The summed E-state index contributed by atoms with van der Waals surface area (Å²) in [5.41, 5.74) is 0.577. The van der Waals surface area contributed by atoms with Crippen molar-refractivity contribution in [2.24, 2.45) is 0 Å². The van der Waals surface area contributed by atoms with Gasteiger partial charge >= 0.3 is 0 Å². The lowest BCUT2D eigenvalue weighted by Crippen LogP contribution is -2.12. The van der Waals surface area contributed by atoms with E-state index in [0.29, 0.717) is 15.7 Å². The van der Waals surface area contributed by atoms with Gasteiger partial charge in [-0.2, -0.15) is 0 Å². The van der Waals surface area contributed by atoms with Crippen LogP contribution in [0, 0.1) is 11.6 Å². The largest absolute Gasteiger partial charge is 0.349 e. The van der Waals surface area contributed by atoms with Gasteiger partial charge in [-0.15, -0.1) is 0 Å². The maximum absolute atomic E-state index is 13.7. The van der Waals surface area contributed by atoms with Crippen LogP contribution in [0.2, 0.25) is 10.0 Å². The standard InChI is InChI=1S/C18H11Cl2F2N3O/c19-13-5-4-11(7-14(13)20)25-18(26)10-6-12(9-23-8-10)24-17-15(21)2-1-3-16(17)22/h1-9,24H,(H,25,26). The number of hydrogen-bond donors (Lipinski definition) is 2. The van der Waals surface area contributed by atoms with Crippen LogP contribution in [0.5, 0.6) is 0 Å². The van der Waals surface area contributed by atoms with Crippen molar-refractivity contribution in [3.05, 3.63) is 82.1 Å². The Kier molecular flexibility index (Phi) is 5.35. The van der Waals surface area contributed by atoms with Gasteiger partial charge in [-0.25, -0.2) is 8.78 Å². The number of aromatic nitrogens is 1. The van der Waals surface area contributed by atoms with Crippen LogP contribution in [0.25, 0.3) is 0 Å². The van der Waals surface area contributed by atoms with Gasteiger partial charge in [0.05, 0.1) is 27.5 Å². The van der Waals surface area contributed by atoms with E-state index in [1.54, 1.807) is 12.1 Å². The summed E-state index contributed by atoms with van der Waals surface area (Å²) in [5.74, 6) is -1.97. The molecule has 8 heteroatoms. The van der Waals surface area contributed by atoms with Gasteiger partial charge in [-0.3, -0.25) is 9.78 Å². The Morgan fingerprint density at radius 1 is 0.923 bits per heavy atom. The van der Waals surface area contributed by atoms with Crippen molar-refractivity contribution in [3.63, 3.8) is 0 Å². The summed E-state index contributed by atoms with van der Waals surface area (Å²) in [7, 11) is 0. The number of para-hydroxylation sites is 1. The molecule has 2 aromatic carbocycles. The molecule has 3 rings (SSSR count). The third kappa shape index (κ3) is 4.09. The maximum atomic E-state index is 13.7. The molecule has 0 aliphatic rings. The highest BCUT2D eigenvalue weighted by Crippen LogP contribution is 2.26. The van der Waals surface area contributed by atoms with Gasteiger partial charge < -0.3 is 10.6 Å². The van der Waals surface area contributed by atoms with Crippen LogP contribution in [0.1, 0.15) is 10.4 Å². The zero-order valence-electron chi connectivity index (χ0n) is 13.1. The summed E-state index contributed by atoms with van der Waals surface area (Å²) in [6, 6.07) is 9.58. The lowest BCUT2D eigenvalue weighted by molar-refractivity contribution is 0.102. The third-order valence-electron chi connectivity index (χ3n) is 3.41. The lowest BCUT2D eigenvalue weighted by atomic mass is 10.2. The molecule has 0 spiro atoms. The van der Waals surface area contributed by atoms with Crippen LogP contribution < -0.4 is 10.6 Å². The van der Waals surface area contributed by atoms with Gasteiger partial charge in [0.15, 0.2) is 0 Å². The molecule has 0 aliphatic heterocycles. The number of nitrogens with zero attached hydrogens (tertiary/aromatic N) is 1. The number of nitrogens with one attached hydrogen (secondary N) is 2. The van der Waals surface area contributed by atoms with Gasteiger partial charge in [0.1, 0.15) is 17.3 Å². The Bertz CT molecular complexity index is 962. The van der Waals surface area contributed by atoms with Gasteiger partial charge in [0.2, 0.25) is 0 Å². The Balaban J connectivity index is 1.80. The molecule has 0 saturated heterocycles. The Hall–Kier alpha value is -2.70. The van der Waals surface area contributed by atoms with Crippen LogP contribution in [-0.4, -0.2) is 10.9 Å². The van der Waals surface area contributed by atoms with Gasteiger partial charge in [0.25, 0.3) is 5.91 Å². The zero-order valence-corrected chi connectivity index (χ0v) is 14.6. The molecule has 1 heterocycles. The molecule has 0 aliphatic carbocycles. The molecular formula is C18H11Cl2F2N3O. The van der Waals surface area contributed by atoms with E-state index in [1.807, 2.05) is 0 Å². The second-order valence-corrected chi connectivity index (χ2v) is 6.08. The van der Waals surface area contributed by atoms with Gasteiger partial charge in [0, 0.05) is 11.9 Å².